The molecule has 2 aromatic heterocycles. The van der Waals surface area contributed by atoms with Gasteiger partial charge in [0.05, 0.1) is 29.3 Å². The van der Waals surface area contributed by atoms with Gasteiger partial charge in [0, 0.05) is 25.2 Å². The lowest BCUT2D eigenvalue weighted by molar-refractivity contribution is -0.150. The zero-order chi connectivity index (χ0) is 20.9. The van der Waals surface area contributed by atoms with Crippen LogP contribution in [0.25, 0.3) is 11.0 Å². The molecular formula is C22H25N5O3. The molecule has 1 N–H and O–H groups in total. The summed E-state index contributed by atoms with van der Waals surface area (Å²) >= 11 is 0. The molecule has 4 heterocycles. The van der Waals surface area contributed by atoms with Crippen molar-refractivity contribution in [3.8, 4) is 0 Å². The summed E-state index contributed by atoms with van der Waals surface area (Å²) in [5.74, 6) is 0.536. The molecular weight excluding hydrogens is 382 g/mol. The third-order valence-electron chi connectivity index (χ3n) is 6.47. The molecule has 2 fully saturated rings. The summed E-state index contributed by atoms with van der Waals surface area (Å²) < 4.78 is 7.82. The Morgan fingerprint density at radius 3 is 2.77 bits per heavy atom. The number of aryl methyl sites for hydroxylation is 2. The van der Waals surface area contributed by atoms with Gasteiger partial charge in [-0.3, -0.25) is 9.59 Å². The first kappa shape index (κ1) is 18.8. The highest BCUT2D eigenvalue weighted by Gasteiger charge is 2.51. The van der Waals surface area contributed by atoms with Crippen LogP contribution in [0.5, 0.6) is 0 Å². The number of nitrogens with zero attached hydrogens (tertiary/aromatic N) is 4. The van der Waals surface area contributed by atoms with Gasteiger partial charge >= 0.3 is 5.97 Å². The number of aromatic nitrogens is 4. The van der Waals surface area contributed by atoms with Crippen molar-refractivity contribution in [3.63, 3.8) is 0 Å². The minimum absolute atomic E-state index is 0.0699. The molecule has 156 valence electrons. The molecule has 0 radical (unpaired) electrons. The van der Waals surface area contributed by atoms with Gasteiger partial charge in [-0.05, 0) is 38.8 Å². The van der Waals surface area contributed by atoms with Crippen LogP contribution >= 0.6 is 0 Å². The molecule has 2 saturated heterocycles. The van der Waals surface area contributed by atoms with E-state index >= 15 is 0 Å². The maximum Gasteiger partial charge on any atom is 0.312 e. The highest BCUT2D eigenvalue weighted by molar-refractivity contribution is 5.93. The number of hydrogen-bond acceptors (Lipinski definition) is 5. The summed E-state index contributed by atoms with van der Waals surface area (Å²) in [5, 5.41) is 0. The number of hydrogen-bond donors (Lipinski definition) is 1. The second-order valence-electron chi connectivity index (χ2n) is 8.49. The lowest BCUT2D eigenvalue weighted by Crippen LogP contribution is -2.45. The molecule has 0 bridgehead atoms. The number of cyclic esters (lactones) is 1. The normalized spacial score (nSPS) is 20.8. The van der Waals surface area contributed by atoms with Gasteiger partial charge in [0.25, 0.3) is 5.91 Å². The van der Waals surface area contributed by atoms with E-state index in [0.717, 1.165) is 22.6 Å². The number of esters is 1. The Bertz CT molecular complexity index is 1120. The van der Waals surface area contributed by atoms with E-state index in [1.54, 1.807) is 11.2 Å². The number of imidazole rings is 2. The first-order valence-electron chi connectivity index (χ1n) is 10.4. The van der Waals surface area contributed by atoms with Gasteiger partial charge in [0.15, 0.2) is 0 Å². The van der Waals surface area contributed by atoms with Crippen molar-refractivity contribution >= 4 is 22.9 Å². The fourth-order valence-electron chi connectivity index (χ4n) is 4.83. The van der Waals surface area contributed by atoms with Crippen molar-refractivity contribution < 1.29 is 14.3 Å². The number of benzene rings is 1. The van der Waals surface area contributed by atoms with Crippen LogP contribution in [-0.2, 0) is 16.1 Å². The number of carbonyl (C=O) groups is 2. The van der Waals surface area contributed by atoms with Crippen molar-refractivity contribution in [2.24, 2.45) is 5.41 Å². The summed E-state index contributed by atoms with van der Waals surface area (Å²) in [6.07, 6.45) is 3.57. The molecule has 2 aliphatic heterocycles. The smallest absolute Gasteiger partial charge is 0.312 e. The Morgan fingerprint density at radius 1 is 1.27 bits per heavy atom. The number of fused-ring (bicyclic) bond motifs is 1. The second-order valence-corrected chi connectivity index (χ2v) is 8.49. The minimum Gasteiger partial charge on any atom is -0.460 e. The molecule has 1 spiro atoms. The van der Waals surface area contributed by atoms with Gasteiger partial charge in [-0.1, -0.05) is 12.1 Å². The molecule has 1 amide bonds. The molecule has 3 aromatic rings. The largest absolute Gasteiger partial charge is 0.460 e. The predicted molar refractivity (Wildman–Crippen MR) is 110 cm³/mol. The van der Waals surface area contributed by atoms with Crippen molar-refractivity contribution in [2.45, 2.75) is 45.8 Å². The number of nitrogens with one attached hydrogen (secondary N) is 1. The van der Waals surface area contributed by atoms with Gasteiger partial charge in [-0.2, -0.15) is 0 Å². The van der Waals surface area contributed by atoms with Crippen molar-refractivity contribution in [1.82, 2.24) is 24.4 Å². The highest BCUT2D eigenvalue weighted by Crippen LogP contribution is 2.43. The maximum absolute atomic E-state index is 12.8. The molecule has 0 saturated carbocycles. The Balaban J connectivity index is 1.26. The van der Waals surface area contributed by atoms with Crippen LogP contribution in [0.2, 0.25) is 0 Å². The summed E-state index contributed by atoms with van der Waals surface area (Å²) in [5.41, 5.74) is 2.74. The lowest BCUT2D eigenvalue weighted by atomic mass is 9.76. The Morgan fingerprint density at radius 2 is 2.03 bits per heavy atom. The van der Waals surface area contributed by atoms with E-state index < -0.39 is 5.41 Å². The number of likely N-dealkylation sites (tertiary alicyclic amines) is 1. The van der Waals surface area contributed by atoms with Gasteiger partial charge in [-0.25, -0.2) is 9.97 Å². The summed E-state index contributed by atoms with van der Waals surface area (Å²) in [7, 11) is 0. The second kappa shape index (κ2) is 6.97. The number of carbonyl (C=O) groups excluding carboxylic acids is 2. The fraction of sp³-hybridized carbons (Fsp3) is 0.455. The predicted octanol–water partition coefficient (Wildman–Crippen LogP) is 2.61. The number of amides is 1. The van der Waals surface area contributed by atoms with Crippen LogP contribution in [0.15, 0.2) is 30.6 Å². The number of H-pyrrole nitrogens is 1. The molecule has 1 aromatic carbocycles. The standard InChI is InChI=1S/C22H25N5O3/c1-14-19(25-15(2)24-14)20(28)26-9-7-22(8-10-26)11-16(30-21(22)29)12-27-13-23-17-5-3-4-6-18(17)27/h3-6,13,16H,7-12H2,1-2H3,(H,24,25). The number of para-hydroxylation sites is 2. The van der Waals surface area contributed by atoms with Crippen LogP contribution in [0, 0.1) is 19.3 Å². The first-order chi connectivity index (χ1) is 14.4. The van der Waals surface area contributed by atoms with Crippen molar-refractivity contribution in [3.05, 3.63) is 47.8 Å². The molecule has 8 heteroatoms. The zero-order valence-electron chi connectivity index (χ0n) is 17.2. The average molecular weight is 407 g/mol. The topological polar surface area (TPSA) is 93.1 Å². The maximum atomic E-state index is 12.8. The van der Waals surface area contributed by atoms with Crippen molar-refractivity contribution in [2.75, 3.05) is 13.1 Å². The summed E-state index contributed by atoms with van der Waals surface area (Å²) in [6.45, 7) is 5.38. The number of aromatic amines is 1. The Kier molecular flexibility index (Phi) is 4.38. The number of rotatable bonds is 3. The van der Waals surface area contributed by atoms with E-state index in [4.69, 9.17) is 4.74 Å². The van der Waals surface area contributed by atoms with Crippen LogP contribution in [0.4, 0.5) is 0 Å². The molecule has 2 aliphatic rings. The fourth-order valence-corrected chi connectivity index (χ4v) is 4.83. The van der Waals surface area contributed by atoms with E-state index in [1.807, 2.05) is 42.7 Å². The Labute approximate surface area is 174 Å². The highest BCUT2D eigenvalue weighted by atomic mass is 16.6. The lowest BCUT2D eigenvalue weighted by Gasteiger charge is -2.36. The monoisotopic (exact) mass is 407 g/mol. The number of piperidine rings is 1. The number of ether oxygens (including phenoxy) is 1. The van der Waals surface area contributed by atoms with E-state index in [1.165, 1.54) is 0 Å². The molecule has 8 nitrogen and oxygen atoms in total. The SMILES string of the molecule is Cc1nc(C(=O)N2CCC3(CC2)CC(Cn2cnc4ccccc42)OC3=O)c(C)[nH]1. The minimum atomic E-state index is -0.492. The summed E-state index contributed by atoms with van der Waals surface area (Å²) in [6, 6.07) is 7.95. The van der Waals surface area contributed by atoms with Gasteiger partial charge in [-0.15, -0.1) is 0 Å². The zero-order valence-corrected chi connectivity index (χ0v) is 17.2. The molecule has 0 aliphatic carbocycles. The molecule has 30 heavy (non-hydrogen) atoms. The van der Waals surface area contributed by atoms with Crippen molar-refractivity contribution in [1.29, 1.82) is 0 Å². The van der Waals surface area contributed by atoms with Crippen LogP contribution < -0.4 is 0 Å². The molecule has 1 atom stereocenters. The van der Waals surface area contributed by atoms with Crippen LogP contribution in [0.1, 0.15) is 41.3 Å². The van der Waals surface area contributed by atoms with Crippen LogP contribution in [-0.4, -0.2) is 55.5 Å². The Hall–Kier alpha value is -3.16. The van der Waals surface area contributed by atoms with Gasteiger partial charge < -0.3 is 19.2 Å². The third-order valence-corrected chi connectivity index (χ3v) is 6.47. The summed E-state index contributed by atoms with van der Waals surface area (Å²) in [4.78, 5) is 39.3. The van der Waals surface area contributed by atoms with E-state index in [2.05, 4.69) is 15.0 Å². The van der Waals surface area contributed by atoms with E-state index in [-0.39, 0.29) is 18.0 Å². The molecule has 5 rings (SSSR count). The quantitative estimate of drug-likeness (QED) is 0.674. The molecule has 1 unspecified atom stereocenters. The first-order valence-corrected chi connectivity index (χ1v) is 10.4. The van der Waals surface area contributed by atoms with Gasteiger partial charge in [0.1, 0.15) is 17.6 Å². The van der Waals surface area contributed by atoms with Gasteiger partial charge in [0.2, 0.25) is 0 Å². The van der Waals surface area contributed by atoms with E-state index in [0.29, 0.717) is 44.6 Å². The van der Waals surface area contributed by atoms with E-state index in [9.17, 15) is 9.59 Å². The average Bonchev–Trinajstić information content (AvgIpc) is 3.38. The third kappa shape index (κ3) is 3.07. The van der Waals surface area contributed by atoms with Crippen LogP contribution in [0.3, 0.4) is 0 Å².